The van der Waals surface area contributed by atoms with Crippen molar-refractivity contribution in [3.63, 3.8) is 0 Å². The Labute approximate surface area is 303 Å². The maximum Gasteiger partial charge on any atom is 0.0465 e. The molecule has 1 heterocycles. The van der Waals surface area contributed by atoms with E-state index in [4.69, 9.17) is 0 Å². The number of hydrogen-bond acceptors (Lipinski definition) is 2. The van der Waals surface area contributed by atoms with Crippen LogP contribution < -0.4 is 4.90 Å². The van der Waals surface area contributed by atoms with Gasteiger partial charge in [0.2, 0.25) is 0 Å². The summed E-state index contributed by atoms with van der Waals surface area (Å²) in [6.45, 7) is 9.76. The van der Waals surface area contributed by atoms with Crippen molar-refractivity contribution in [1.82, 2.24) is 0 Å². The zero-order chi connectivity index (χ0) is 33.8. The topological polar surface area (TPSA) is 3.24 Å². The molecule has 0 radical (unpaired) electrons. The average molecular weight is 672 g/mol. The van der Waals surface area contributed by atoms with Crippen molar-refractivity contribution in [2.75, 3.05) is 4.90 Å². The molecule has 0 aromatic heterocycles. The fourth-order valence-electron chi connectivity index (χ4n) is 11.6. The second kappa shape index (κ2) is 11.1. The van der Waals surface area contributed by atoms with E-state index in [1.54, 1.807) is 11.1 Å². The van der Waals surface area contributed by atoms with E-state index in [0.29, 0.717) is 11.8 Å². The minimum atomic E-state index is 0.0639. The lowest BCUT2D eigenvalue weighted by molar-refractivity contribution is -0.0443. The van der Waals surface area contributed by atoms with E-state index in [2.05, 4.69) is 148 Å². The summed E-state index contributed by atoms with van der Waals surface area (Å²) < 4.78 is 0. The van der Waals surface area contributed by atoms with Crippen LogP contribution in [0.5, 0.6) is 0 Å². The zero-order valence-electron chi connectivity index (χ0n) is 30.1. The number of fused-ring (bicyclic) bond motifs is 3. The van der Waals surface area contributed by atoms with Crippen molar-refractivity contribution in [3.8, 4) is 11.1 Å². The van der Waals surface area contributed by atoms with Gasteiger partial charge in [-0.1, -0.05) is 100 Å². The van der Waals surface area contributed by atoms with Gasteiger partial charge in [-0.05, 0) is 167 Å². The fourth-order valence-corrected chi connectivity index (χ4v) is 12.8. The first-order chi connectivity index (χ1) is 24.2. The van der Waals surface area contributed by atoms with Crippen molar-refractivity contribution in [3.05, 3.63) is 138 Å². The summed E-state index contributed by atoms with van der Waals surface area (Å²) in [5, 5.41) is 0. The normalized spacial score (nSPS) is 27.8. The van der Waals surface area contributed by atoms with Crippen molar-refractivity contribution in [2.45, 2.75) is 98.7 Å². The highest BCUT2D eigenvalue weighted by Gasteiger charge is 2.61. The highest BCUT2D eigenvalue weighted by Crippen LogP contribution is 2.69. The van der Waals surface area contributed by atoms with E-state index in [1.165, 1.54) is 94.1 Å². The molecule has 50 heavy (non-hydrogen) atoms. The number of rotatable bonds is 4. The molecule has 1 nitrogen and oxygen atoms in total. The van der Waals surface area contributed by atoms with Crippen LogP contribution in [-0.2, 0) is 16.2 Å². The lowest BCUT2D eigenvalue weighted by atomic mass is 9.42. The number of nitrogens with zero attached hydrogens (tertiary/aromatic N) is 1. The first-order valence-corrected chi connectivity index (χ1v) is 20.0. The molecule has 0 N–H and O–H groups in total. The minimum absolute atomic E-state index is 0.0639. The lowest BCUT2D eigenvalue weighted by Crippen LogP contribution is -2.57. The van der Waals surface area contributed by atoms with Gasteiger partial charge in [0.15, 0.2) is 0 Å². The van der Waals surface area contributed by atoms with Crippen molar-refractivity contribution in [2.24, 2.45) is 23.7 Å². The van der Waals surface area contributed by atoms with Gasteiger partial charge in [-0.3, -0.25) is 0 Å². The summed E-state index contributed by atoms with van der Waals surface area (Å²) >= 11 is 2.02. The third-order valence-electron chi connectivity index (χ3n) is 14.0. The number of para-hydroxylation sites is 1. The van der Waals surface area contributed by atoms with E-state index in [9.17, 15) is 0 Å². The van der Waals surface area contributed by atoms with Crippen molar-refractivity contribution < 1.29 is 0 Å². The van der Waals surface area contributed by atoms with E-state index in [0.717, 1.165) is 11.8 Å². The summed E-state index contributed by atoms with van der Waals surface area (Å²) in [6, 6.07) is 44.6. The highest BCUT2D eigenvalue weighted by atomic mass is 32.2. The molecule has 11 rings (SSSR count). The smallest absolute Gasteiger partial charge is 0.0465 e. The molecule has 5 aliphatic carbocycles. The first-order valence-electron chi connectivity index (χ1n) is 19.2. The maximum absolute atomic E-state index is 2.66. The summed E-state index contributed by atoms with van der Waals surface area (Å²) in [4.78, 5) is 5.52. The van der Waals surface area contributed by atoms with Crippen LogP contribution in [0.3, 0.4) is 0 Å². The summed E-state index contributed by atoms with van der Waals surface area (Å²) in [6.07, 6.45) is 9.45. The molecule has 0 saturated heterocycles. The SMILES string of the molecule is CC1(C)CCC(C)(C)c2cc(N(c3ccccc3)c3ccc4c(c3)C3(c5cc(-c6ccccc6)ccc5S4)C4CC5CC(C4)CC3C5)ccc21. The second-order valence-corrected chi connectivity index (χ2v) is 18.8. The van der Waals surface area contributed by atoms with Gasteiger partial charge >= 0.3 is 0 Å². The Morgan fingerprint density at radius 1 is 0.480 bits per heavy atom. The predicted octanol–water partition coefficient (Wildman–Crippen LogP) is 13.4. The zero-order valence-corrected chi connectivity index (χ0v) is 30.9. The van der Waals surface area contributed by atoms with Crippen LogP contribution in [-0.4, -0.2) is 0 Å². The summed E-state index contributed by atoms with van der Waals surface area (Å²) in [7, 11) is 0. The Morgan fingerprint density at radius 3 is 1.68 bits per heavy atom. The van der Waals surface area contributed by atoms with Crippen LogP contribution in [0.15, 0.2) is 125 Å². The van der Waals surface area contributed by atoms with Gasteiger partial charge in [0.1, 0.15) is 0 Å². The fraction of sp³-hybridized carbons (Fsp3) is 0.375. The molecule has 2 heteroatoms. The monoisotopic (exact) mass is 671 g/mol. The standard InChI is InChI=1S/C48H49NS/c1-46(2)21-22-47(3,4)41-29-38(16-18-40(41)46)49(37-13-9-6-10-14-37)39-17-20-45-43(30-39)48(35-24-31-23-32(26-35)27-36(48)25-31)42-28-34(15-19-44(42)50-45)33-11-7-5-8-12-33/h5-20,28-32,35-36H,21-27H2,1-4H3. The van der Waals surface area contributed by atoms with E-state index < -0.39 is 0 Å². The molecule has 0 unspecified atom stereocenters. The predicted molar refractivity (Wildman–Crippen MR) is 210 cm³/mol. The summed E-state index contributed by atoms with van der Waals surface area (Å²) in [5.74, 6) is 3.23. The molecule has 1 aliphatic heterocycles. The molecule has 6 aliphatic rings. The van der Waals surface area contributed by atoms with E-state index >= 15 is 0 Å². The van der Waals surface area contributed by atoms with Crippen LogP contribution in [0.4, 0.5) is 17.1 Å². The number of benzene rings is 5. The molecule has 4 fully saturated rings. The quantitative estimate of drug-likeness (QED) is 0.187. The van der Waals surface area contributed by atoms with Gasteiger partial charge in [0.25, 0.3) is 0 Å². The second-order valence-electron chi connectivity index (χ2n) is 17.7. The summed E-state index contributed by atoms with van der Waals surface area (Å²) in [5.41, 5.74) is 13.2. The Hall–Kier alpha value is -3.75. The Kier molecular flexibility index (Phi) is 6.90. The molecule has 1 spiro atoms. The van der Waals surface area contributed by atoms with Crippen LogP contribution in [0.1, 0.15) is 94.9 Å². The van der Waals surface area contributed by atoms with Gasteiger partial charge in [0.05, 0.1) is 0 Å². The molecule has 4 saturated carbocycles. The Bertz CT molecular complexity index is 2080. The van der Waals surface area contributed by atoms with Crippen LogP contribution in [0.2, 0.25) is 0 Å². The van der Waals surface area contributed by atoms with E-state index in [-0.39, 0.29) is 16.2 Å². The van der Waals surface area contributed by atoms with Gasteiger partial charge in [-0.25, -0.2) is 0 Å². The van der Waals surface area contributed by atoms with E-state index in [1.807, 2.05) is 11.8 Å². The minimum Gasteiger partial charge on any atom is -0.310 e. The van der Waals surface area contributed by atoms with Crippen LogP contribution in [0.25, 0.3) is 11.1 Å². The molecule has 252 valence electrons. The number of hydrogen-bond donors (Lipinski definition) is 0. The van der Waals surface area contributed by atoms with Crippen LogP contribution >= 0.6 is 11.8 Å². The average Bonchev–Trinajstić information content (AvgIpc) is 3.12. The lowest BCUT2D eigenvalue weighted by Gasteiger charge is -2.63. The molecule has 0 atom stereocenters. The highest BCUT2D eigenvalue weighted by molar-refractivity contribution is 7.99. The van der Waals surface area contributed by atoms with Crippen molar-refractivity contribution in [1.29, 1.82) is 0 Å². The molecule has 4 bridgehead atoms. The number of anilines is 3. The largest absolute Gasteiger partial charge is 0.310 e. The van der Waals surface area contributed by atoms with Crippen LogP contribution in [0, 0.1) is 23.7 Å². The molecule has 0 amide bonds. The Balaban J connectivity index is 1.18. The molecule has 5 aromatic rings. The molecular formula is C48H49NS. The van der Waals surface area contributed by atoms with Gasteiger partial charge in [-0.2, -0.15) is 0 Å². The van der Waals surface area contributed by atoms with Crippen molar-refractivity contribution >= 4 is 28.8 Å². The molecular weight excluding hydrogens is 623 g/mol. The Morgan fingerprint density at radius 2 is 1.02 bits per heavy atom. The first kappa shape index (κ1) is 31.0. The maximum atomic E-state index is 2.66. The molecule has 5 aromatic carbocycles. The third-order valence-corrected chi connectivity index (χ3v) is 15.1. The third kappa shape index (κ3) is 4.59. The van der Waals surface area contributed by atoms with Gasteiger partial charge < -0.3 is 4.90 Å². The van der Waals surface area contributed by atoms with Gasteiger partial charge in [-0.15, -0.1) is 0 Å². The van der Waals surface area contributed by atoms with Gasteiger partial charge in [0, 0.05) is 32.3 Å².